The Labute approximate surface area is 187 Å². The summed E-state index contributed by atoms with van der Waals surface area (Å²) in [6.45, 7) is 1.80. The Morgan fingerprint density at radius 1 is 1.09 bits per heavy atom. The molecule has 162 valence electrons. The lowest BCUT2D eigenvalue weighted by atomic mass is 10.1. The molecule has 0 spiro atoms. The van der Waals surface area contributed by atoms with Gasteiger partial charge in [0.05, 0.1) is 6.20 Å². The standard InChI is InChI=1S/C22H19N5O4S/c1-13(14-6-4-3-5-7-14)31-22(30)24-19-18(25-26-27(19)2)15-8-10-16(11-9-15)20-23-12-17(32-20)21(28)29/h3-13H,1-2H3,(H,24,30)(H,28,29). The predicted molar refractivity (Wildman–Crippen MR) is 119 cm³/mol. The first-order valence-electron chi connectivity index (χ1n) is 9.64. The third-order valence-corrected chi connectivity index (χ3v) is 5.76. The van der Waals surface area contributed by atoms with Gasteiger partial charge in [-0.25, -0.2) is 19.3 Å². The zero-order valence-corrected chi connectivity index (χ0v) is 18.0. The van der Waals surface area contributed by atoms with E-state index in [1.807, 2.05) is 54.6 Å². The van der Waals surface area contributed by atoms with Crippen LogP contribution in [0.5, 0.6) is 0 Å². The second-order valence-corrected chi connectivity index (χ2v) is 7.94. The Morgan fingerprint density at radius 3 is 2.44 bits per heavy atom. The van der Waals surface area contributed by atoms with Crippen molar-refractivity contribution in [1.82, 2.24) is 20.0 Å². The second-order valence-electron chi connectivity index (χ2n) is 6.91. The quantitative estimate of drug-likeness (QED) is 0.441. The summed E-state index contributed by atoms with van der Waals surface area (Å²) >= 11 is 1.10. The van der Waals surface area contributed by atoms with E-state index in [4.69, 9.17) is 9.84 Å². The molecule has 1 atom stereocenters. The molecule has 4 aromatic rings. The van der Waals surface area contributed by atoms with E-state index in [1.54, 1.807) is 14.0 Å². The summed E-state index contributed by atoms with van der Waals surface area (Å²) in [5.41, 5.74) is 2.87. The van der Waals surface area contributed by atoms with Gasteiger partial charge in [-0.15, -0.1) is 16.4 Å². The maximum absolute atomic E-state index is 12.5. The zero-order valence-electron chi connectivity index (χ0n) is 17.2. The number of nitrogens with zero attached hydrogens (tertiary/aromatic N) is 4. The van der Waals surface area contributed by atoms with Crippen LogP contribution in [0.3, 0.4) is 0 Å². The largest absolute Gasteiger partial charge is 0.477 e. The molecule has 9 nitrogen and oxygen atoms in total. The van der Waals surface area contributed by atoms with E-state index in [9.17, 15) is 9.59 Å². The summed E-state index contributed by atoms with van der Waals surface area (Å²) in [5.74, 6) is -0.612. The Kier molecular flexibility index (Phi) is 5.95. The predicted octanol–water partition coefficient (Wildman–Crippen LogP) is 4.61. The molecule has 10 heteroatoms. The summed E-state index contributed by atoms with van der Waals surface area (Å²) in [5, 5.41) is 20.6. The third kappa shape index (κ3) is 4.49. The highest BCUT2D eigenvalue weighted by Gasteiger charge is 2.19. The van der Waals surface area contributed by atoms with Crippen molar-refractivity contribution in [2.45, 2.75) is 13.0 Å². The van der Waals surface area contributed by atoms with Crippen LogP contribution in [0.15, 0.2) is 60.8 Å². The van der Waals surface area contributed by atoms with Crippen LogP contribution >= 0.6 is 11.3 Å². The van der Waals surface area contributed by atoms with Crippen LogP contribution < -0.4 is 5.32 Å². The van der Waals surface area contributed by atoms with Crippen LogP contribution in [-0.2, 0) is 11.8 Å². The van der Waals surface area contributed by atoms with Gasteiger partial charge in [0.15, 0.2) is 5.82 Å². The number of anilines is 1. The number of aromatic nitrogens is 4. The first-order valence-corrected chi connectivity index (χ1v) is 10.5. The Morgan fingerprint density at radius 2 is 1.78 bits per heavy atom. The fourth-order valence-corrected chi connectivity index (χ4v) is 3.81. The molecule has 4 rings (SSSR count). The lowest BCUT2D eigenvalue weighted by Crippen LogP contribution is -2.18. The number of carboxylic acid groups (broad SMARTS) is 1. The zero-order chi connectivity index (χ0) is 22.7. The summed E-state index contributed by atoms with van der Waals surface area (Å²) in [4.78, 5) is 27.9. The second kappa shape index (κ2) is 8.98. The molecule has 2 aromatic heterocycles. The van der Waals surface area contributed by atoms with Gasteiger partial charge in [0.1, 0.15) is 21.7 Å². The fraction of sp³-hybridized carbons (Fsp3) is 0.136. The molecule has 32 heavy (non-hydrogen) atoms. The number of carbonyl (C=O) groups excluding carboxylic acids is 1. The van der Waals surface area contributed by atoms with E-state index in [-0.39, 0.29) is 4.88 Å². The number of carboxylic acids is 1. The first kappa shape index (κ1) is 21.2. The van der Waals surface area contributed by atoms with Gasteiger partial charge in [-0.2, -0.15) is 0 Å². The molecular weight excluding hydrogens is 430 g/mol. The first-order chi connectivity index (χ1) is 15.4. The van der Waals surface area contributed by atoms with Crippen LogP contribution in [-0.4, -0.2) is 37.1 Å². The van der Waals surface area contributed by atoms with Gasteiger partial charge in [-0.3, -0.25) is 5.32 Å². The van der Waals surface area contributed by atoms with Crippen LogP contribution in [0.4, 0.5) is 10.6 Å². The molecule has 0 bridgehead atoms. The van der Waals surface area contributed by atoms with Crippen molar-refractivity contribution in [3.05, 3.63) is 71.2 Å². The number of amides is 1. The van der Waals surface area contributed by atoms with Gasteiger partial charge in [-0.1, -0.05) is 59.8 Å². The van der Waals surface area contributed by atoms with Gasteiger partial charge in [0, 0.05) is 18.2 Å². The van der Waals surface area contributed by atoms with Gasteiger partial charge >= 0.3 is 12.1 Å². The number of nitrogens with one attached hydrogen (secondary N) is 1. The lowest BCUT2D eigenvalue weighted by Gasteiger charge is -2.14. The molecular formula is C22H19N5O4S. The van der Waals surface area contributed by atoms with Crippen molar-refractivity contribution < 1.29 is 19.4 Å². The monoisotopic (exact) mass is 449 g/mol. The van der Waals surface area contributed by atoms with Crippen LogP contribution in [0.25, 0.3) is 21.8 Å². The molecule has 0 aliphatic heterocycles. The van der Waals surface area contributed by atoms with Crippen LogP contribution in [0.1, 0.15) is 28.3 Å². The number of hydrogen-bond donors (Lipinski definition) is 2. The maximum atomic E-state index is 12.5. The summed E-state index contributed by atoms with van der Waals surface area (Å²) < 4.78 is 6.94. The normalized spacial score (nSPS) is 11.7. The van der Waals surface area contributed by atoms with Crippen molar-refractivity contribution in [2.24, 2.45) is 7.05 Å². The molecule has 2 aromatic carbocycles. The highest BCUT2D eigenvalue weighted by molar-refractivity contribution is 7.16. The average molecular weight is 449 g/mol. The molecule has 0 aliphatic carbocycles. The topological polar surface area (TPSA) is 119 Å². The number of carbonyl (C=O) groups is 2. The number of aromatic carboxylic acids is 1. The van der Waals surface area contributed by atoms with Crippen molar-refractivity contribution >= 4 is 29.2 Å². The average Bonchev–Trinajstić information content (AvgIpc) is 3.42. The van der Waals surface area contributed by atoms with E-state index < -0.39 is 18.2 Å². The van der Waals surface area contributed by atoms with Gasteiger partial charge in [0.25, 0.3) is 0 Å². The smallest absolute Gasteiger partial charge is 0.413 e. The van der Waals surface area contributed by atoms with E-state index in [1.165, 1.54) is 10.9 Å². The summed E-state index contributed by atoms with van der Waals surface area (Å²) in [7, 11) is 1.67. The van der Waals surface area contributed by atoms with Crippen molar-refractivity contribution in [2.75, 3.05) is 5.32 Å². The summed E-state index contributed by atoms with van der Waals surface area (Å²) in [6, 6.07) is 16.7. The molecule has 2 N–H and O–H groups in total. The molecule has 0 radical (unpaired) electrons. The minimum absolute atomic E-state index is 0.174. The van der Waals surface area contributed by atoms with Crippen molar-refractivity contribution in [3.8, 4) is 21.8 Å². The van der Waals surface area contributed by atoms with Crippen molar-refractivity contribution in [1.29, 1.82) is 0 Å². The number of hydrogen-bond acceptors (Lipinski definition) is 7. The molecule has 2 heterocycles. The van der Waals surface area contributed by atoms with Gasteiger partial charge in [-0.05, 0) is 12.5 Å². The molecule has 0 saturated carbocycles. The summed E-state index contributed by atoms with van der Waals surface area (Å²) in [6.07, 6.45) is 0.297. The number of thiazole rings is 1. The highest BCUT2D eigenvalue weighted by atomic mass is 32.1. The molecule has 1 amide bonds. The lowest BCUT2D eigenvalue weighted by molar-refractivity contribution is 0.0701. The number of benzene rings is 2. The van der Waals surface area contributed by atoms with E-state index >= 15 is 0 Å². The maximum Gasteiger partial charge on any atom is 0.413 e. The minimum atomic E-state index is -1.01. The highest BCUT2D eigenvalue weighted by Crippen LogP contribution is 2.30. The van der Waals surface area contributed by atoms with E-state index in [2.05, 4.69) is 20.6 Å². The van der Waals surface area contributed by atoms with Gasteiger partial charge < -0.3 is 9.84 Å². The van der Waals surface area contributed by atoms with Gasteiger partial charge in [0.2, 0.25) is 0 Å². The molecule has 0 fully saturated rings. The number of aryl methyl sites for hydroxylation is 1. The Balaban J connectivity index is 1.50. The number of rotatable bonds is 6. The van der Waals surface area contributed by atoms with E-state index in [0.29, 0.717) is 16.5 Å². The SMILES string of the molecule is CC(OC(=O)Nc1c(-c2ccc(-c3ncc(C(=O)O)s3)cc2)nnn1C)c1ccccc1. The molecule has 1 unspecified atom stereocenters. The van der Waals surface area contributed by atoms with E-state index in [0.717, 1.165) is 28.0 Å². The molecule has 0 aliphatic rings. The van der Waals surface area contributed by atoms with Crippen LogP contribution in [0, 0.1) is 0 Å². The van der Waals surface area contributed by atoms with Crippen LogP contribution in [0.2, 0.25) is 0 Å². The fourth-order valence-electron chi connectivity index (χ4n) is 3.05. The molecule has 0 saturated heterocycles. The Bertz CT molecular complexity index is 1250. The van der Waals surface area contributed by atoms with Crippen molar-refractivity contribution in [3.63, 3.8) is 0 Å². The third-order valence-electron chi connectivity index (χ3n) is 4.72. The number of ether oxygens (including phenoxy) is 1. The Hall–Kier alpha value is -4.05. The minimum Gasteiger partial charge on any atom is -0.477 e.